The van der Waals surface area contributed by atoms with Crippen molar-refractivity contribution in [2.75, 3.05) is 0 Å². The second-order valence-electron chi connectivity index (χ2n) is 13.3. The second-order valence-corrected chi connectivity index (χ2v) is 32.0. The van der Waals surface area contributed by atoms with E-state index >= 15 is 0 Å². The van der Waals surface area contributed by atoms with Crippen LogP contribution in [0.1, 0.15) is 67.7 Å². The summed E-state index contributed by atoms with van der Waals surface area (Å²) in [6.45, 7) is 40.0. The Morgan fingerprint density at radius 3 is 1.32 bits per heavy atom. The van der Waals surface area contributed by atoms with E-state index in [0.29, 0.717) is 0 Å². The molecular formula is C24H58O3Si4. The molecule has 0 aromatic carbocycles. The quantitative estimate of drug-likeness (QED) is 0.234. The molecule has 0 amide bonds. The molecule has 0 saturated heterocycles. The summed E-state index contributed by atoms with van der Waals surface area (Å²) < 4.78 is 21.1. The molecule has 0 aliphatic carbocycles. The maximum atomic E-state index is 7.23. The van der Waals surface area contributed by atoms with Crippen molar-refractivity contribution in [2.24, 2.45) is 0 Å². The summed E-state index contributed by atoms with van der Waals surface area (Å²) in [5, 5.41) is -0.158. The molecular weight excluding hydrogens is 449 g/mol. The molecule has 31 heavy (non-hydrogen) atoms. The highest BCUT2D eigenvalue weighted by Gasteiger charge is 2.56. The van der Waals surface area contributed by atoms with Gasteiger partial charge in [0.2, 0.25) is 8.32 Å². The molecule has 4 atom stereocenters. The summed E-state index contributed by atoms with van der Waals surface area (Å²) in [7, 11) is -7.42. The zero-order valence-electron chi connectivity index (χ0n) is 24.4. The average molecular weight is 507 g/mol. The molecule has 0 aliphatic heterocycles. The third-order valence-electron chi connectivity index (χ3n) is 8.70. The van der Waals surface area contributed by atoms with Crippen molar-refractivity contribution in [2.45, 2.75) is 155 Å². The van der Waals surface area contributed by atoms with Gasteiger partial charge >= 0.3 is 0 Å². The van der Waals surface area contributed by atoms with Crippen LogP contribution < -0.4 is 0 Å². The van der Waals surface area contributed by atoms with Gasteiger partial charge in [-0.3, -0.25) is 0 Å². The smallest absolute Gasteiger partial charge is 0.216 e. The van der Waals surface area contributed by atoms with Crippen LogP contribution in [0.4, 0.5) is 0 Å². The van der Waals surface area contributed by atoms with Gasteiger partial charge in [-0.1, -0.05) is 47.3 Å². The normalized spacial score (nSPS) is 21.2. The second kappa shape index (κ2) is 10.2. The molecule has 0 fully saturated rings. The van der Waals surface area contributed by atoms with Crippen molar-refractivity contribution < 1.29 is 13.3 Å². The lowest BCUT2D eigenvalue weighted by molar-refractivity contribution is 0.0673. The van der Waals surface area contributed by atoms with Crippen LogP contribution >= 0.6 is 0 Å². The summed E-state index contributed by atoms with van der Waals surface area (Å²) in [4.78, 5) is 0. The van der Waals surface area contributed by atoms with E-state index in [1.807, 2.05) is 0 Å². The van der Waals surface area contributed by atoms with Gasteiger partial charge in [0.15, 0.2) is 16.6 Å². The molecule has 3 unspecified atom stereocenters. The first-order valence-corrected chi connectivity index (χ1v) is 25.3. The Hall–Kier alpha value is 0.748. The van der Waals surface area contributed by atoms with Crippen molar-refractivity contribution in [1.82, 2.24) is 0 Å². The van der Waals surface area contributed by atoms with E-state index in [4.69, 9.17) is 13.3 Å². The molecule has 7 heteroatoms. The molecule has 0 heterocycles. The fourth-order valence-corrected chi connectivity index (χ4v) is 16.8. The van der Waals surface area contributed by atoms with Gasteiger partial charge in [0.1, 0.15) is 0 Å². The van der Waals surface area contributed by atoms with Crippen LogP contribution in [0, 0.1) is 0 Å². The SMILES string of the molecule is CCC(C)(O[Si](C)(C)C(C)(CC)C(C)O[Si](C)(C)[C@](C)(CC)O[Si](C)(C)C)[Si](C)(C)C. The first-order valence-electron chi connectivity index (χ1n) is 12.6. The lowest BCUT2D eigenvalue weighted by Gasteiger charge is -2.55. The van der Waals surface area contributed by atoms with Gasteiger partial charge in [0.25, 0.3) is 0 Å². The third-order valence-corrected chi connectivity index (χ3v) is 22.2. The van der Waals surface area contributed by atoms with E-state index in [0.717, 1.165) is 19.3 Å². The number of rotatable bonds is 13. The lowest BCUT2D eigenvalue weighted by atomic mass is 10.0. The molecule has 0 radical (unpaired) electrons. The van der Waals surface area contributed by atoms with Gasteiger partial charge in [0, 0.05) is 16.4 Å². The monoisotopic (exact) mass is 506 g/mol. The van der Waals surface area contributed by atoms with Crippen molar-refractivity contribution in [3.63, 3.8) is 0 Å². The molecule has 0 aromatic heterocycles. The largest absolute Gasteiger partial charge is 0.414 e. The molecule has 0 rings (SSSR count). The van der Waals surface area contributed by atoms with Gasteiger partial charge in [-0.25, -0.2) is 0 Å². The molecule has 0 saturated carbocycles. The van der Waals surface area contributed by atoms with Gasteiger partial charge in [-0.15, -0.1) is 0 Å². The topological polar surface area (TPSA) is 27.7 Å². The summed E-state index contributed by atoms with van der Waals surface area (Å²) >= 11 is 0. The van der Waals surface area contributed by atoms with E-state index in [2.05, 4.69) is 114 Å². The zero-order valence-corrected chi connectivity index (χ0v) is 28.4. The molecule has 3 nitrogen and oxygen atoms in total. The highest BCUT2D eigenvalue weighted by Crippen LogP contribution is 2.50. The number of hydrogen-bond acceptors (Lipinski definition) is 3. The van der Waals surface area contributed by atoms with E-state index in [-0.39, 0.29) is 21.6 Å². The molecule has 0 aromatic rings. The summed E-state index contributed by atoms with van der Waals surface area (Å²) in [5.74, 6) is 0. The van der Waals surface area contributed by atoms with Crippen LogP contribution in [0.25, 0.3) is 0 Å². The Balaban J connectivity index is 6.04. The van der Waals surface area contributed by atoms with E-state index < -0.39 is 33.0 Å². The van der Waals surface area contributed by atoms with Crippen LogP contribution in [0.15, 0.2) is 0 Å². The Morgan fingerprint density at radius 1 is 0.613 bits per heavy atom. The minimum absolute atomic E-state index is 0.00923. The first-order chi connectivity index (χ1) is 13.5. The molecule has 0 N–H and O–H groups in total. The first kappa shape index (κ1) is 31.7. The molecule has 0 aliphatic rings. The predicted octanol–water partition coefficient (Wildman–Crippen LogP) is 8.59. The van der Waals surface area contributed by atoms with Crippen LogP contribution in [0.5, 0.6) is 0 Å². The molecule has 0 bridgehead atoms. The van der Waals surface area contributed by atoms with E-state index in [9.17, 15) is 0 Å². The van der Waals surface area contributed by atoms with E-state index in [1.54, 1.807) is 0 Å². The van der Waals surface area contributed by atoms with E-state index in [1.165, 1.54) is 0 Å². The van der Waals surface area contributed by atoms with Gasteiger partial charge < -0.3 is 13.3 Å². The average Bonchev–Trinajstić information content (AvgIpc) is 2.56. The van der Waals surface area contributed by atoms with Crippen LogP contribution in [-0.2, 0) is 13.3 Å². The van der Waals surface area contributed by atoms with Gasteiger partial charge in [-0.05, 0) is 85.9 Å². The third kappa shape index (κ3) is 7.12. The standard InChI is InChI=1S/C24H58O3Si4/c1-18-22(5,30(14,15)27-23(6,19-2)28(8,9)10)21(4)25-31(16,17)24(7,20-3)26-29(11,12)13/h21H,18-20H2,1-17H3/t21?,22?,23?,24-/m1/s1. The molecule has 188 valence electrons. The van der Waals surface area contributed by atoms with Crippen molar-refractivity contribution in [1.29, 1.82) is 0 Å². The Labute approximate surface area is 200 Å². The summed E-state index contributed by atoms with van der Waals surface area (Å²) in [6.07, 6.45) is 3.28. The fraction of sp³-hybridized carbons (Fsp3) is 1.00. The maximum Gasteiger partial charge on any atom is 0.216 e. The fourth-order valence-electron chi connectivity index (χ4n) is 4.63. The van der Waals surface area contributed by atoms with Gasteiger partial charge in [0.05, 0.1) is 13.3 Å². The molecule has 0 spiro atoms. The minimum Gasteiger partial charge on any atom is -0.414 e. The van der Waals surface area contributed by atoms with Crippen LogP contribution in [-0.4, -0.2) is 49.6 Å². The summed E-state index contributed by atoms with van der Waals surface area (Å²) in [5.41, 5.74) is 0. The highest BCUT2D eigenvalue weighted by molar-refractivity contribution is 6.81. The minimum atomic E-state index is -2.15. The Morgan fingerprint density at radius 2 is 1.03 bits per heavy atom. The zero-order chi connectivity index (χ0) is 25.3. The lowest BCUT2D eigenvalue weighted by Crippen LogP contribution is -2.64. The van der Waals surface area contributed by atoms with Crippen molar-refractivity contribution in [3.8, 4) is 0 Å². The highest BCUT2D eigenvalue weighted by atomic mass is 28.4. The van der Waals surface area contributed by atoms with Crippen LogP contribution in [0.2, 0.25) is 70.5 Å². The van der Waals surface area contributed by atoms with Crippen molar-refractivity contribution >= 4 is 33.0 Å². The predicted molar refractivity (Wildman–Crippen MR) is 150 cm³/mol. The Bertz CT molecular complexity index is 582. The number of hydrogen-bond donors (Lipinski definition) is 0. The van der Waals surface area contributed by atoms with Crippen LogP contribution in [0.3, 0.4) is 0 Å². The summed E-state index contributed by atoms with van der Waals surface area (Å²) in [6, 6.07) is 0. The van der Waals surface area contributed by atoms with Crippen molar-refractivity contribution in [3.05, 3.63) is 0 Å². The Kier molecular flexibility index (Phi) is 10.4. The maximum absolute atomic E-state index is 7.23. The van der Waals surface area contributed by atoms with Gasteiger partial charge in [-0.2, -0.15) is 0 Å².